The fourth-order valence-electron chi connectivity index (χ4n) is 3.58. The molecule has 8 heteroatoms. The predicted octanol–water partition coefficient (Wildman–Crippen LogP) is 3.21. The predicted molar refractivity (Wildman–Crippen MR) is 123 cm³/mol. The van der Waals surface area contributed by atoms with Crippen LogP contribution in [0, 0.1) is 6.92 Å². The minimum atomic E-state index is -0.266. The molecule has 2 N–H and O–H groups in total. The van der Waals surface area contributed by atoms with Gasteiger partial charge in [-0.25, -0.2) is 9.48 Å². The van der Waals surface area contributed by atoms with Gasteiger partial charge in [-0.1, -0.05) is 18.2 Å². The molecular formula is C24H29N5O3. The highest BCUT2D eigenvalue weighted by molar-refractivity contribution is 5.89. The Kier molecular flexibility index (Phi) is 7.37. The van der Waals surface area contributed by atoms with Crippen molar-refractivity contribution in [3.8, 4) is 11.4 Å². The Balaban J connectivity index is 1.25. The van der Waals surface area contributed by atoms with Crippen LogP contribution in [0.25, 0.3) is 5.69 Å². The van der Waals surface area contributed by atoms with Gasteiger partial charge in [0.05, 0.1) is 18.9 Å². The Morgan fingerprint density at radius 1 is 1.12 bits per heavy atom. The van der Waals surface area contributed by atoms with Gasteiger partial charge in [0, 0.05) is 43.8 Å². The molecule has 8 nitrogen and oxygen atoms in total. The number of aromatic nitrogens is 2. The molecular weight excluding hydrogens is 406 g/mol. The number of carbonyl (C=O) groups is 1. The molecule has 4 rings (SSSR count). The zero-order valence-electron chi connectivity index (χ0n) is 18.3. The first-order valence-corrected chi connectivity index (χ1v) is 10.9. The molecule has 1 fully saturated rings. The van der Waals surface area contributed by atoms with E-state index in [9.17, 15) is 4.79 Å². The summed E-state index contributed by atoms with van der Waals surface area (Å²) < 4.78 is 13.1. The highest BCUT2D eigenvalue weighted by Crippen LogP contribution is 2.16. The van der Waals surface area contributed by atoms with Crippen molar-refractivity contribution >= 4 is 11.7 Å². The molecule has 0 unspecified atom stereocenters. The van der Waals surface area contributed by atoms with E-state index >= 15 is 0 Å². The van der Waals surface area contributed by atoms with E-state index in [0.29, 0.717) is 18.8 Å². The number of hydrogen-bond donors (Lipinski definition) is 2. The third-order valence-corrected chi connectivity index (χ3v) is 5.31. The Labute approximate surface area is 188 Å². The summed E-state index contributed by atoms with van der Waals surface area (Å²) in [5, 5.41) is 10.1. The number of anilines is 1. The Morgan fingerprint density at radius 2 is 1.97 bits per heavy atom. The van der Waals surface area contributed by atoms with E-state index in [2.05, 4.69) is 20.6 Å². The van der Waals surface area contributed by atoms with Gasteiger partial charge in [-0.3, -0.25) is 4.90 Å². The van der Waals surface area contributed by atoms with Crippen molar-refractivity contribution in [1.29, 1.82) is 0 Å². The lowest BCUT2D eigenvalue weighted by Crippen LogP contribution is -2.38. The molecule has 0 aliphatic carbocycles. The molecule has 1 aromatic heterocycles. The Hall–Kier alpha value is -3.36. The van der Waals surface area contributed by atoms with Crippen LogP contribution in [-0.2, 0) is 11.3 Å². The highest BCUT2D eigenvalue weighted by atomic mass is 16.5. The van der Waals surface area contributed by atoms with Crippen LogP contribution in [0.4, 0.5) is 10.5 Å². The van der Waals surface area contributed by atoms with Crippen LogP contribution in [-0.4, -0.2) is 60.2 Å². The lowest BCUT2D eigenvalue weighted by molar-refractivity contribution is 0.0322. The van der Waals surface area contributed by atoms with E-state index in [-0.39, 0.29) is 6.03 Å². The maximum absolute atomic E-state index is 12.4. The minimum absolute atomic E-state index is 0.266. The number of carbonyl (C=O) groups excluding carboxylic acids is 1. The van der Waals surface area contributed by atoms with Gasteiger partial charge in [0.2, 0.25) is 0 Å². The molecule has 1 aliphatic heterocycles. The van der Waals surface area contributed by atoms with Crippen LogP contribution in [0.15, 0.2) is 60.8 Å². The summed E-state index contributed by atoms with van der Waals surface area (Å²) in [6, 6.07) is 17.1. The molecule has 2 aromatic carbocycles. The van der Waals surface area contributed by atoms with Gasteiger partial charge < -0.3 is 20.1 Å². The number of ether oxygens (including phenoxy) is 2. The summed E-state index contributed by atoms with van der Waals surface area (Å²) in [4.78, 5) is 14.7. The first kappa shape index (κ1) is 21.9. The molecule has 1 aliphatic rings. The third-order valence-electron chi connectivity index (χ3n) is 5.31. The number of aryl methyl sites for hydroxylation is 1. The number of nitrogens with one attached hydrogen (secondary N) is 2. The summed E-state index contributed by atoms with van der Waals surface area (Å²) >= 11 is 0. The number of morpholine rings is 1. The van der Waals surface area contributed by atoms with E-state index in [1.807, 2.05) is 66.2 Å². The van der Waals surface area contributed by atoms with Crippen LogP contribution in [0.3, 0.4) is 0 Å². The molecule has 32 heavy (non-hydrogen) atoms. The van der Waals surface area contributed by atoms with Crippen molar-refractivity contribution in [2.24, 2.45) is 0 Å². The van der Waals surface area contributed by atoms with E-state index in [0.717, 1.165) is 55.5 Å². The van der Waals surface area contributed by atoms with Crippen LogP contribution in [0.2, 0.25) is 0 Å². The molecule has 0 saturated carbocycles. The summed E-state index contributed by atoms with van der Waals surface area (Å²) in [5.74, 6) is 0.806. The molecule has 0 radical (unpaired) electrons. The molecule has 168 valence electrons. The lowest BCUT2D eigenvalue weighted by Gasteiger charge is -2.26. The van der Waals surface area contributed by atoms with Gasteiger partial charge in [0.25, 0.3) is 0 Å². The summed E-state index contributed by atoms with van der Waals surface area (Å²) in [7, 11) is 0. The second-order valence-electron chi connectivity index (χ2n) is 7.69. The van der Waals surface area contributed by atoms with Gasteiger partial charge >= 0.3 is 6.03 Å². The molecule has 0 atom stereocenters. The SMILES string of the molecule is Cc1ccnn1-c1cccc(NC(=O)NCc2cccc(OCCN3CCOCC3)c2)c1. The van der Waals surface area contributed by atoms with Crippen LogP contribution in [0.5, 0.6) is 5.75 Å². The average molecular weight is 436 g/mol. The molecule has 2 heterocycles. The molecule has 1 saturated heterocycles. The number of amides is 2. The maximum Gasteiger partial charge on any atom is 0.319 e. The quantitative estimate of drug-likeness (QED) is 0.568. The molecule has 3 aromatic rings. The first-order valence-electron chi connectivity index (χ1n) is 10.9. The molecule has 2 amide bonds. The molecule has 0 bridgehead atoms. The number of benzene rings is 2. The van der Waals surface area contributed by atoms with E-state index in [4.69, 9.17) is 9.47 Å². The van der Waals surface area contributed by atoms with Crippen LogP contribution >= 0.6 is 0 Å². The van der Waals surface area contributed by atoms with E-state index in [1.54, 1.807) is 6.20 Å². The largest absolute Gasteiger partial charge is 0.492 e. The number of urea groups is 1. The fourth-order valence-corrected chi connectivity index (χ4v) is 3.58. The van der Waals surface area contributed by atoms with Gasteiger partial charge in [0.15, 0.2) is 0 Å². The van der Waals surface area contributed by atoms with Crippen LogP contribution < -0.4 is 15.4 Å². The van der Waals surface area contributed by atoms with E-state index < -0.39 is 0 Å². The number of hydrogen-bond acceptors (Lipinski definition) is 5. The van der Waals surface area contributed by atoms with Crippen LogP contribution in [0.1, 0.15) is 11.3 Å². The monoisotopic (exact) mass is 435 g/mol. The highest BCUT2D eigenvalue weighted by Gasteiger charge is 2.10. The normalized spacial score (nSPS) is 14.2. The van der Waals surface area contributed by atoms with Gasteiger partial charge in [0.1, 0.15) is 12.4 Å². The van der Waals surface area contributed by atoms with Crippen molar-refractivity contribution in [2.75, 3.05) is 44.8 Å². The first-order chi connectivity index (χ1) is 15.7. The fraction of sp³-hybridized carbons (Fsp3) is 0.333. The van der Waals surface area contributed by atoms with Gasteiger partial charge in [-0.2, -0.15) is 5.10 Å². The van der Waals surface area contributed by atoms with Gasteiger partial charge in [-0.15, -0.1) is 0 Å². The smallest absolute Gasteiger partial charge is 0.319 e. The van der Waals surface area contributed by atoms with Crippen molar-refractivity contribution < 1.29 is 14.3 Å². The lowest BCUT2D eigenvalue weighted by atomic mass is 10.2. The Morgan fingerprint density at radius 3 is 2.78 bits per heavy atom. The van der Waals surface area contributed by atoms with Crippen molar-refractivity contribution in [3.63, 3.8) is 0 Å². The van der Waals surface area contributed by atoms with Gasteiger partial charge in [-0.05, 0) is 48.9 Å². The zero-order valence-corrected chi connectivity index (χ0v) is 18.3. The summed E-state index contributed by atoms with van der Waals surface area (Å²) in [6.45, 7) is 7.38. The number of nitrogens with zero attached hydrogens (tertiary/aromatic N) is 3. The summed E-state index contributed by atoms with van der Waals surface area (Å²) in [5.41, 5.74) is 3.60. The average Bonchev–Trinajstić information content (AvgIpc) is 3.25. The van der Waals surface area contributed by atoms with Crippen molar-refractivity contribution in [1.82, 2.24) is 20.0 Å². The molecule has 0 spiro atoms. The zero-order chi connectivity index (χ0) is 22.2. The Bertz CT molecular complexity index is 1030. The van der Waals surface area contributed by atoms with Crippen molar-refractivity contribution in [3.05, 3.63) is 72.1 Å². The standard InChI is InChI=1S/C24H29N5O3/c1-19-8-9-26-29(19)22-6-3-5-21(17-22)27-24(30)25-18-20-4-2-7-23(16-20)32-15-12-28-10-13-31-14-11-28/h2-9,16-17H,10-15,18H2,1H3,(H2,25,27,30). The van der Waals surface area contributed by atoms with E-state index in [1.165, 1.54) is 0 Å². The second kappa shape index (κ2) is 10.8. The summed E-state index contributed by atoms with van der Waals surface area (Å²) in [6.07, 6.45) is 1.75. The third kappa shape index (κ3) is 6.09. The minimum Gasteiger partial charge on any atom is -0.492 e. The topological polar surface area (TPSA) is 80.7 Å². The van der Waals surface area contributed by atoms with Crippen molar-refractivity contribution in [2.45, 2.75) is 13.5 Å². The number of rotatable bonds is 8. The maximum atomic E-state index is 12.4. The second-order valence-corrected chi connectivity index (χ2v) is 7.69.